The number of aliphatic carboxylic acids is 1. The summed E-state index contributed by atoms with van der Waals surface area (Å²) in [5, 5.41) is 17.5. The number of carboxylic acid groups (broad SMARTS) is 1. The number of aryl methyl sites for hydroxylation is 1. The first-order valence-corrected chi connectivity index (χ1v) is 8.13. The van der Waals surface area contributed by atoms with Gasteiger partial charge in [0.05, 0.1) is 12.1 Å². The van der Waals surface area contributed by atoms with Crippen LogP contribution in [0.3, 0.4) is 0 Å². The molecule has 0 saturated heterocycles. The fourth-order valence-electron chi connectivity index (χ4n) is 2.38. The van der Waals surface area contributed by atoms with E-state index in [1.165, 1.54) is 0 Å². The summed E-state index contributed by atoms with van der Waals surface area (Å²) < 4.78 is 5.22. The highest BCUT2D eigenvalue weighted by molar-refractivity contribution is 6.05. The van der Waals surface area contributed by atoms with E-state index in [0.717, 1.165) is 0 Å². The largest absolute Gasteiger partial charge is 0.480 e. The van der Waals surface area contributed by atoms with E-state index in [4.69, 9.17) is 9.63 Å². The summed E-state index contributed by atoms with van der Waals surface area (Å²) in [5.74, 6) is -1.22. The van der Waals surface area contributed by atoms with Crippen LogP contribution in [0.5, 0.6) is 0 Å². The van der Waals surface area contributed by atoms with Gasteiger partial charge in [0, 0.05) is 11.6 Å². The zero-order valence-corrected chi connectivity index (χ0v) is 14.8. The molecule has 1 aromatic carbocycles. The number of anilines is 1. The summed E-state index contributed by atoms with van der Waals surface area (Å²) in [6, 6.07) is 6.74. The quantitative estimate of drug-likeness (QED) is 0.696. The Kier molecular flexibility index (Phi) is 6.11. The fraction of sp³-hybridized carbons (Fsp3) is 0.333. The molecule has 8 heteroatoms. The molecule has 0 fully saturated rings. The van der Waals surface area contributed by atoms with Crippen molar-refractivity contribution in [2.24, 2.45) is 0 Å². The van der Waals surface area contributed by atoms with Crippen LogP contribution in [0.1, 0.15) is 47.1 Å². The van der Waals surface area contributed by atoms with Crippen molar-refractivity contribution in [3.63, 3.8) is 0 Å². The van der Waals surface area contributed by atoms with Gasteiger partial charge in [-0.1, -0.05) is 31.1 Å². The van der Waals surface area contributed by atoms with Gasteiger partial charge in [-0.15, -0.1) is 0 Å². The van der Waals surface area contributed by atoms with Gasteiger partial charge in [-0.2, -0.15) is 0 Å². The van der Waals surface area contributed by atoms with Crippen molar-refractivity contribution in [1.82, 2.24) is 10.5 Å². The van der Waals surface area contributed by atoms with Gasteiger partial charge < -0.3 is 20.3 Å². The Labute approximate surface area is 150 Å². The van der Waals surface area contributed by atoms with E-state index in [-0.39, 0.29) is 24.2 Å². The highest BCUT2D eigenvalue weighted by Crippen LogP contribution is 2.23. The molecule has 0 atom stereocenters. The summed E-state index contributed by atoms with van der Waals surface area (Å²) >= 11 is 0. The number of nitrogens with zero attached hydrogens (tertiary/aromatic N) is 1. The van der Waals surface area contributed by atoms with Crippen molar-refractivity contribution in [3.05, 3.63) is 46.8 Å². The Bertz CT molecular complexity index is 809. The predicted octanol–water partition coefficient (Wildman–Crippen LogP) is 2.10. The summed E-state index contributed by atoms with van der Waals surface area (Å²) in [6.07, 6.45) is 0.0593. The second-order valence-electron chi connectivity index (χ2n) is 6.16. The summed E-state index contributed by atoms with van der Waals surface area (Å²) in [4.78, 5) is 34.5. The van der Waals surface area contributed by atoms with Crippen LogP contribution >= 0.6 is 0 Å². The lowest BCUT2D eigenvalue weighted by Gasteiger charge is -2.08. The molecule has 2 amide bonds. The number of aromatic nitrogens is 1. The summed E-state index contributed by atoms with van der Waals surface area (Å²) in [5.41, 5.74) is 2.23. The van der Waals surface area contributed by atoms with Crippen LogP contribution in [0.4, 0.5) is 5.69 Å². The molecule has 0 aliphatic carbocycles. The molecule has 8 nitrogen and oxygen atoms in total. The van der Waals surface area contributed by atoms with Crippen LogP contribution < -0.4 is 10.6 Å². The third-order valence-corrected chi connectivity index (χ3v) is 3.65. The average molecular weight is 359 g/mol. The molecule has 0 aliphatic heterocycles. The zero-order chi connectivity index (χ0) is 19.3. The molecule has 2 rings (SSSR count). The molecule has 26 heavy (non-hydrogen) atoms. The molecular formula is C18H21N3O5. The SMILES string of the molecule is Cc1noc(C(C)C)c1C(=O)Nc1ccc(CC(=O)NCC(=O)O)cc1. The second-order valence-corrected chi connectivity index (χ2v) is 6.16. The number of carbonyl (C=O) groups excluding carboxylic acids is 2. The second kappa shape index (κ2) is 8.28. The van der Waals surface area contributed by atoms with E-state index in [9.17, 15) is 14.4 Å². The molecule has 0 saturated carbocycles. The molecule has 1 aromatic heterocycles. The van der Waals surface area contributed by atoms with Crippen LogP contribution in [0, 0.1) is 6.92 Å². The minimum Gasteiger partial charge on any atom is -0.480 e. The number of hydrogen-bond donors (Lipinski definition) is 3. The van der Waals surface area contributed by atoms with Crippen LogP contribution in [-0.2, 0) is 16.0 Å². The van der Waals surface area contributed by atoms with Gasteiger partial charge in [-0.05, 0) is 24.6 Å². The molecule has 0 aliphatic rings. The van der Waals surface area contributed by atoms with E-state index in [1.54, 1.807) is 31.2 Å². The average Bonchev–Trinajstić information content (AvgIpc) is 2.97. The van der Waals surface area contributed by atoms with Crippen LogP contribution in [0.15, 0.2) is 28.8 Å². The summed E-state index contributed by atoms with van der Waals surface area (Å²) in [6.45, 7) is 5.13. The van der Waals surface area contributed by atoms with Crippen molar-refractivity contribution in [1.29, 1.82) is 0 Å². The third kappa shape index (κ3) is 4.92. The molecule has 3 N–H and O–H groups in total. The fourth-order valence-corrected chi connectivity index (χ4v) is 2.38. The first-order valence-electron chi connectivity index (χ1n) is 8.13. The minimum atomic E-state index is -1.10. The normalized spacial score (nSPS) is 10.6. The number of nitrogens with one attached hydrogen (secondary N) is 2. The van der Waals surface area contributed by atoms with Gasteiger partial charge in [0.25, 0.3) is 5.91 Å². The number of amides is 2. The van der Waals surface area contributed by atoms with Crippen molar-refractivity contribution < 1.29 is 24.0 Å². The number of benzene rings is 1. The number of rotatable bonds is 7. The highest BCUT2D eigenvalue weighted by Gasteiger charge is 2.22. The maximum absolute atomic E-state index is 12.5. The Balaban J connectivity index is 2.01. The molecule has 0 unspecified atom stereocenters. The molecular weight excluding hydrogens is 338 g/mol. The van der Waals surface area contributed by atoms with Crippen molar-refractivity contribution in [3.8, 4) is 0 Å². The lowest BCUT2D eigenvalue weighted by Crippen LogP contribution is -2.30. The zero-order valence-electron chi connectivity index (χ0n) is 14.8. The molecule has 138 valence electrons. The molecule has 0 spiro atoms. The lowest BCUT2D eigenvalue weighted by atomic mass is 10.0. The van der Waals surface area contributed by atoms with Gasteiger partial charge in [0.1, 0.15) is 12.1 Å². The van der Waals surface area contributed by atoms with E-state index in [0.29, 0.717) is 28.3 Å². The predicted molar refractivity (Wildman–Crippen MR) is 94.1 cm³/mol. The van der Waals surface area contributed by atoms with E-state index < -0.39 is 12.5 Å². The molecule has 2 aromatic rings. The van der Waals surface area contributed by atoms with Crippen LogP contribution in [0.2, 0.25) is 0 Å². The third-order valence-electron chi connectivity index (χ3n) is 3.65. The van der Waals surface area contributed by atoms with E-state index in [1.807, 2.05) is 13.8 Å². The minimum absolute atomic E-state index is 0.0311. The smallest absolute Gasteiger partial charge is 0.322 e. The van der Waals surface area contributed by atoms with Gasteiger partial charge in [0.15, 0.2) is 5.76 Å². The standard InChI is InChI=1S/C18H21N3O5/c1-10(2)17-16(11(3)21-26-17)18(25)20-13-6-4-12(5-7-13)8-14(22)19-9-15(23)24/h4-7,10H,8-9H2,1-3H3,(H,19,22)(H,20,25)(H,23,24). The molecule has 0 radical (unpaired) electrons. The lowest BCUT2D eigenvalue weighted by molar-refractivity contribution is -0.137. The van der Waals surface area contributed by atoms with Crippen molar-refractivity contribution in [2.45, 2.75) is 33.1 Å². The maximum atomic E-state index is 12.5. The van der Waals surface area contributed by atoms with Crippen LogP contribution in [0.25, 0.3) is 0 Å². The monoisotopic (exact) mass is 359 g/mol. The van der Waals surface area contributed by atoms with Gasteiger partial charge in [-0.3, -0.25) is 14.4 Å². The maximum Gasteiger partial charge on any atom is 0.322 e. The first-order chi connectivity index (χ1) is 12.3. The first kappa shape index (κ1) is 19.2. The van der Waals surface area contributed by atoms with Gasteiger partial charge in [-0.25, -0.2) is 0 Å². The number of carbonyl (C=O) groups is 3. The van der Waals surface area contributed by atoms with Crippen molar-refractivity contribution in [2.75, 3.05) is 11.9 Å². The number of hydrogen-bond acceptors (Lipinski definition) is 5. The van der Waals surface area contributed by atoms with Crippen molar-refractivity contribution >= 4 is 23.5 Å². The Morgan fingerprint density at radius 2 is 1.85 bits per heavy atom. The Morgan fingerprint density at radius 1 is 1.19 bits per heavy atom. The Morgan fingerprint density at radius 3 is 2.42 bits per heavy atom. The van der Waals surface area contributed by atoms with E-state index >= 15 is 0 Å². The number of carboxylic acids is 1. The van der Waals surface area contributed by atoms with Gasteiger partial charge >= 0.3 is 5.97 Å². The highest BCUT2D eigenvalue weighted by atomic mass is 16.5. The van der Waals surface area contributed by atoms with E-state index in [2.05, 4.69) is 15.8 Å². The van der Waals surface area contributed by atoms with Crippen LogP contribution in [-0.4, -0.2) is 34.6 Å². The Hall–Kier alpha value is -3.16. The summed E-state index contributed by atoms with van der Waals surface area (Å²) in [7, 11) is 0. The topological polar surface area (TPSA) is 122 Å². The van der Waals surface area contributed by atoms with Gasteiger partial charge in [0.2, 0.25) is 5.91 Å². The molecule has 1 heterocycles. The molecule has 0 bridgehead atoms.